The summed E-state index contributed by atoms with van der Waals surface area (Å²) >= 11 is 5.65. The van der Waals surface area contributed by atoms with Crippen LogP contribution in [0, 0.1) is 18.3 Å². The van der Waals surface area contributed by atoms with Gasteiger partial charge in [-0.2, -0.15) is 0 Å². The average molecular weight is 629 g/mol. The summed E-state index contributed by atoms with van der Waals surface area (Å²) in [5, 5.41) is 6.20. The molecule has 9 heteroatoms. The molecule has 0 fully saturated rings. The van der Waals surface area contributed by atoms with Gasteiger partial charge in [0.1, 0.15) is 6.04 Å². The van der Waals surface area contributed by atoms with Crippen LogP contribution in [0.3, 0.4) is 0 Å². The molecule has 0 aliphatic heterocycles. The zero-order valence-electron chi connectivity index (χ0n) is 27.8. The van der Waals surface area contributed by atoms with Crippen molar-refractivity contribution >= 4 is 42.3 Å². The molecule has 2 aromatic rings. The first-order valence-electron chi connectivity index (χ1n) is 14.5. The molecule has 0 spiro atoms. The van der Waals surface area contributed by atoms with E-state index in [0.29, 0.717) is 18.0 Å². The van der Waals surface area contributed by atoms with E-state index in [9.17, 15) is 14.4 Å². The molecule has 0 aliphatic rings. The third-order valence-corrected chi connectivity index (χ3v) is 8.06. The van der Waals surface area contributed by atoms with Crippen LogP contribution in [-0.2, 0) is 19.8 Å². The Morgan fingerprint density at radius 3 is 1.93 bits per heavy atom. The molecule has 2 rings (SSSR count). The molecule has 0 saturated carbocycles. The van der Waals surface area contributed by atoms with E-state index in [0.717, 1.165) is 15.4 Å². The molecule has 0 radical (unpaired) electrons. The number of carbonyl (C=O) groups excluding carboxylic acids is 3. The normalized spacial score (nSPS) is 12.9. The molecular formula is C34H52N4O3S2. The minimum absolute atomic E-state index is 0.0633. The molecule has 238 valence electrons. The van der Waals surface area contributed by atoms with E-state index < -0.39 is 22.9 Å². The molecule has 0 heterocycles. The van der Waals surface area contributed by atoms with Gasteiger partial charge in [0.25, 0.3) is 5.91 Å². The molecule has 0 aromatic heterocycles. The van der Waals surface area contributed by atoms with Crippen molar-refractivity contribution in [1.29, 1.82) is 0 Å². The number of benzene rings is 2. The molecule has 2 unspecified atom stereocenters. The first-order valence-corrected chi connectivity index (χ1v) is 15.8. The fraction of sp³-hybridized carbons (Fsp3) is 0.500. The van der Waals surface area contributed by atoms with E-state index >= 15 is 0 Å². The summed E-state index contributed by atoms with van der Waals surface area (Å²) in [5.41, 5.74) is 1.87. The van der Waals surface area contributed by atoms with Gasteiger partial charge in [-0.25, -0.2) is 0 Å². The topological polar surface area (TPSA) is 90.5 Å². The van der Waals surface area contributed by atoms with Crippen molar-refractivity contribution in [3.63, 3.8) is 0 Å². The number of hydrogen-bond donors (Lipinski definition) is 4. The fourth-order valence-corrected chi connectivity index (χ4v) is 5.21. The van der Waals surface area contributed by atoms with Crippen molar-refractivity contribution in [1.82, 2.24) is 20.3 Å². The van der Waals surface area contributed by atoms with E-state index in [1.807, 2.05) is 90.1 Å². The maximum absolute atomic E-state index is 13.3. The van der Waals surface area contributed by atoms with Crippen molar-refractivity contribution < 1.29 is 14.4 Å². The van der Waals surface area contributed by atoms with Crippen molar-refractivity contribution in [2.45, 2.75) is 89.6 Å². The molecule has 3 amide bonds. The van der Waals surface area contributed by atoms with Gasteiger partial charge in [0.05, 0.1) is 6.04 Å². The third-order valence-electron chi connectivity index (χ3n) is 6.97. The van der Waals surface area contributed by atoms with Crippen LogP contribution >= 0.6 is 24.6 Å². The van der Waals surface area contributed by atoms with Gasteiger partial charge in [0.2, 0.25) is 11.8 Å². The molecule has 2 atom stereocenters. The Bertz CT molecular complexity index is 1220. The predicted molar refractivity (Wildman–Crippen MR) is 183 cm³/mol. The van der Waals surface area contributed by atoms with Crippen LogP contribution in [0.1, 0.15) is 66.5 Å². The lowest BCUT2D eigenvalue weighted by Gasteiger charge is -2.38. The van der Waals surface area contributed by atoms with Gasteiger partial charge in [-0.15, -0.1) is 12.6 Å². The summed E-state index contributed by atoms with van der Waals surface area (Å²) in [4.78, 5) is 41.2. The van der Waals surface area contributed by atoms with E-state index in [-0.39, 0.29) is 17.7 Å². The van der Waals surface area contributed by atoms with Gasteiger partial charge in [0.15, 0.2) is 0 Å². The zero-order valence-corrected chi connectivity index (χ0v) is 29.5. The van der Waals surface area contributed by atoms with E-state index in [4.69, 9.17) is 0 Å². The highest BCUT2D eigenvalue weighted by Gasteiger charge is 2.40. The summed E-state index contributed by atoms with van der Waals surface area (Å²) in [6.45, 7) is 22.1. The maximum atomic E-state index is 13.3. The highest BCUT2D eigenvalue weighted by Crippen LogP contribution is 2.29. The van der Waals surface area contributed by atoms with Crippen LogP contribution in [-0.4, -0.2) is 55.3 Å². The van der Waals surface area contributed by atoms with Gasteiger partial charge < -0.3 is 15.5 Å². The minimum Gasteiger partial charge on any atom is -0.344 e. The van der Waals surface area contributed by atoms with Crippen LogP contribution in [0.4, 0.5) is 0 Å². The molecular weight excluding hydrogens is 577 g/mol. The number of amides is 3. The molecule has 0 saturated heterocycles. The Labute approximate surface area is 269 Å². The number of aryl methyl sites for hydroxylation is 1. The second-order valence-electron chi connectivity index (χ2n) is 13.0. The van der Waals surface area contributed by atoms with Gasteiger partial charge in [-0.1, -0.05) is 84.9 Å². The summed E-state index contributed by atoms with van der Waals surface area (Å²) < 4.78 is 2.70. The molecule has 0 bridgehead atoms. The predicted octanol–water partition coefficient (Wildman–Crippen LogP) is 6.18. The molecule has 0 aliphatic carbocycles. The molecule has 2 aromatic carbocycles. The van der Waals surface area contributed by atoms with Crippen LogP contribution < -0.4 is 15.4 Å². The molecule has 43 heavy (non-hydrogen) atoms. The van der Waals surface area contributed by atoms with Gasteiger partial charge >= 0.3 is 0 Å². The second kappa shape index (κ2) is 16.9. The van der Waals surface area contributed by atoms with E-state index in [2.05, 4.69) is 48.4 Å². The number of rotatable bonds is 11. The van der Waals surface area contributed by atoms with Crippen molar-refractivity contribution in [2.24, 2.45) is 11.3 Å². The SMILES string of the molecule is C=C(C)C(=O)NSc1ccc(C)cc1.CNC(C(=O)NC(C(=O)N(C)CC(C)C)C(C)(C)C)C(C)(C)c1ccc(S)cc1. The Hall–Kier alpha value is -2.75. The number of carbonyl (C=O) groups is 3. The number of likely N-dealkylation sites (N-methyl/N-ethyl adjacent to an activating group) is 2. The van der Waals surface area contributed by atoms with Crippen LogP contribution in [0.2, 0.25) is 0 Å². The summed E-state index contributed by atoms with van der Waals surface area (Å²) in [5.74, 6) is -0.0139. The first-order chi connectivity index (χ1) is 19.8. The number of thiol groups is 1. The Balaban J connectivity index is 0.000000549. The number of nitrogens with zero attached hydrogens (tertiary/aromatic N) is 1. The van der Waals surface area contributed by atoms with Crippen molar-refractivity contribution in [3.05, 3.63) is 71.8 Å². The monoisotopic (exact) mass is 628 g/mol. The van der Waals surface area contributed by atoms with Crippen molar-refractivity contribution in [2.75, 3.05) is 20.6 Å². The van der Waals surface area contributed by atoms with Crippen LogP contribution in [0.5, 0.6) is 0 Å². The number of hydrogen-bond acceptors (Lipinski definition) is 6. The van der Waals surface area contributed by atoms with Crippen molar-refractivity contribution in [3.8, 4) is 0 Å². The van der Waals surface area contributed by atoms with Gasteiger partial charge in [-0.05, 0) is 74.0 Å². The van der Waals surface area contributed by atoms with E-state index in [1.54, 1.807) is 25.9 Å². The maximum Gasteiger partial charge on any atom is 0.256 e. The van der Waals surface area contributed by atoms with Gasteiger partial charge in [-0.3, -0.25) is 19.1 Å². The fourth-order valence-electron chi connectivity index (χ4n) is 4.41. The lowest BCUT2D eigenvalue weighted by atomic mass is 9.76. The first kappa shape index (κ1) is 38.3. The zero-order chi connectivity index (χ0) is 33.1. The smallest absolute Gasteiger partial charge is 0.256 e. The Kier molecular flexibility index (Phi) is 15.1. The third kappa shape index (κ3) is 12.4. The quantitative estimate of drug-likeness (QED) is 0.136. The Morgan fingerprint density at radius 1 is 0.953 bits per heavy atom. The van der Waals surface area contributed by atoms with Crippen LogP contribution in [0.15, 0.2) is 70.5 Å². The highest BCUT2D eigenvalue weighted by atomic mass is 32.2. The largest absolute Gasteiger partial charge is 0.344 e. The van der Waals surface area contributed by atoms with Gasteiger partial charge in [0, 0.05) is 34.4 Å². The lowest BCUT2D eigenvalue weighted by Crippen LogP contribution is -2.61. The minimum atomic E-state index is -0.606. The highest BCUT2D eigenvalue weighted by molar-refractivity contribution is 7.98. The molecule has 3 N–H and O–H groups in total. The number of nitrogens with one attached hydrogen (secondary N) is 3. The molecule has 7 nitrogen and oxygen atoms in total. The Morgan fingerprint density at radius 2 is 1.49 bits per heavy atom. The summed E-state index contributed by atoms with van der Waals surface area (Å²) in [7, 11) is 3.57. The summed E-state index contributed by atoms with van der Waals surface area (Å²) in [6.07, 6.45) is 0. The van der Waals surface area contributed by atoms with Crippen LogP contribution in [0.25, 0.3) is 0 Å². The second-order valence-corrected chi connectivity index (χ2v) is 14.4. The van der Waals surface area contributed by atoms with E-state index in [1.165, 1.54) is 17.5 Å². The standard InChI is InChI=1S/C23H39N3O2S.C11H13NOS/c1-15(2)14-26(9)21(28)19(22(3,4)5)25-20(27)18(24-8)23(6,7)16-10-12-17(29)13-11-16;1-8(2)11(13)12-14-10-6-4-9(3)5-7-10/h10-13,15,18-19,24,29H,14H2,1-9H3,(H,25,27);4-7H,1H2,2-3H3,(H,12,13). The summed E-state index contributed by atoms with van der Waals surface area (Å²) in [6, 6.07) is 14.7. The average Bonchev–Trinajstić information content (AvgIpc) is 2.90. The lowest BCUT2D eigenvalue weighted by molar-refractivity contribution is -0.139.